The molecule has 0 unspecified atom stereocenters. The Morgan fingerprint density at radius 1 is 1.24 bits per heavy atom. The van der Waals surface area contributed by atoms with Crippen molar-refractivity contribution in [3.8, 4) is 0 Å². The van der Waals surface area contributed by atoms with E-state index >= 15 is 0 Å². The fraction of sp³-hybridized carbons (Fsp3) is 0.353. The molecule has 1 aliphatic heterocycles. The highest BCUT2D eigenvalue weighted by Crippen LogP contribution is 2.29. The van der Waals surface area contributed by atoms with Crippen LogP contribution in [-0.2, 0) is 9.53 Å². The number of nitrogens with one attached hydrogen (secondary N) is 1. The van der Waals surface area contributed by atoms with Gasteiger partial charge in [0.1, 0.15) is 0 Å². The van der Waals surface area contributed by atoms with Crippen molar-refractivity contribution in [2.75, 3.05) is 13.7 Å². The predicted octanol–water partition coefficient (Wildman–Crippen LogP) is 3.27. The molecule has 2 aromatic rings. The number of methoxy groups -OCH3 is 1. The largest absolute Gasteiger partial charge is 0.469 e. The minimum absolute atomic E-state index is 0. The van der Waals surface area contributed by atoms with E-state index in [2.05, 4.69) is 29.6 Å². The minimum Gasteiger partial charge on any atom is -0.469 e. The summed E-state index contributed by atoms with van der Waals surface area (Å²) in [7, 11) is 1.46. The van der Waals surface area contributed by atoms with Crippen LogP contribution in [-0.4, -0.2) is 25.7 Å². The molecule has 2 aromatic carbocycles. The van der Waals surface area contributed by atoms with Gasteiger partial charge in [0.2, 0.25) is 0 Å². The van der Waals surface area contributed by atoms with Crippen molar-refractivity contribution < 1.29 is 9.53 Å². The number of ether oxygens (including phenoxy) is 1. The molecule has 3 nitrogen and oxygen atoms in total. The molecular weight excluding hydrogens is 286 g/mol. The lowest BCUT2D eigenvalue weighted by molar-refractivity contribution is -0.143. The summed E-state index contributed by atoms with van der Waals surface area (Å²) in [5.74, 6) is -0.369. The summed E-state index contributed by atoms with van der Waals surface area (Å²) >= 11 is 0. The van der Waals surface area contributed by atoms with Crippen LogP contribution in [0.1, 0.15) is 24.3 Å². The van der Waals surface area contributed by atoms with Crippen molar-refractivity contribution in [2.24, 2.45) is 0 Å². The molecule has 0 aliphatic carbocycles. The fourth-order valence-corrected chi connectivity index (χ4v) is 3.06. The van der Waals surface area contributed by atoms with Crippen LogP contribution in [0.4, 0.5) is 0 Å². The highest BCUT2D eigenvalue weighted by atomic mass is 35.5. The molecule has 0 amide bonds. The maximum atomic E-state index is 12.2. The third kappa shape index (κ3) is 3.20. The maximum Gasteiger partial charge on any atom is 0.314 e. The zero-order valence-corrected chi connectivity index (χ0v) is 12.9. The lowest BCUT2D eigenvalue weighted by Crippen LogP contribution is -2.34. The molecule has 0 bridgehead atoms. The summed E-state index contributed by atoms with van der Waals surface area (Å²) in [6.07, 6.45) is 2.14. The van der Waals surface area contributed by atoms with Crippen LogP contribution >= 0.6 is 12.4 Å². The molecule has 1 fully saturated rings. The molecule has 1 heterocycles. The number of benzene rings is 2. The Balaban J connectivity index is 0.00000161. The van der Waals surface area contributed by atoms with Gasteiger partial charge in [0.15, 0.2) is 0 Å². The molecule has 0 aromatic heterocycles. The Morgan fingerprint density at radius 3 is 2.67 bits per heavy atom. The van der Waals surface area contributed by atoms with Crippen molar-refractivity contribution >= 4 is 29.1 Å². The highest BCUT2D eigenvalue weighted by molar-refractivity contribution is 5.86. The van der Waals surface area contributed by atoms with Crippen LogP contribution in [0.15, 0.2) is 42.5 Å². The molecule has 1 N–H and O–H groups in total. The van der Waals surface area contributed by atoms with E-state index < -0.39 is 0 Å². The Labute approximate surface area is 131 Å². The van der Waals surface area contributed by atoms with Crippen molar-refractivity contribution in [1.29, 1.82) is 0 Å². The monoisotopic (exact) mass is 305 g/mol. The van der Waals surface area contributed by atoms with Gasteiger partial charge in [-0.05, 0) is 35.7 Å². The van der Waals surface area contributed by atoms with Gasteiger partial charge in [0.05, 0.1) is 13.0 Å². The maximum absolute atomic E-state index is 12.2. The topological polar surface area (TPSA) is 38.3 Å². The van der Waals surface area contributed by atoms with Gasteiger partial charge in [-0.3, -0.25) is 4.79 Å². The van der Waals surface area contributed by atoms with Crippen molar-refractivity contribution in [3.63, 3.8) is 0 Å². The van der Waals surface area contributed by atoms with Crippen LogP contribution in [0.25, 0.3) is 10.8 Å². The third-order valence-electron chi connectivity index (χ3n) is 4.09. The quantitative estimate of drug-likeness (QED) is 0.885. The van der Waals surface area contributed by atoms with Crippen LogP contribution in [0.2, 0.25) is 0 Å². The summed E-state index contributed by atoms with van der Waals surface area (Å²) in [6, 6.07) is 14.6. The van der Waals surface area contributed by atoms with E-state index in [-0.39, 0.29) is 30.3 Å². The summed E-state index contributed by atoms with van der Waals surface area (Å²) in [6.45, 7) is 0.978. The first-order chi connectivity index (χ1) is 9.79. The molecule has 0 saturated carbocycles. The van der Waals surface area contributed by atoms with E-state index in [1.807, 2.05) is 18.2 Å². The van der Waals surface area contributed by atoms with E-state index in [4.69, 9.17) is 4.74 Å². The summed E-state index contributed by atoms with van der Waals surface area (Å²) in [5, 5.41) is 5.78. The predicted molar refractivity (Wildman–Crippen MR) is 87.0 cm³/mol. The average Bonchev–Trinajstić information content (AvgIpc) is 3.01. The molecule has 21 heavy (non-hydrogen) atoms. The zero-order chi connectivity index (χ0) is 13.9. The van der Waals surface area contributed by atoms with E-state index in [0.29, 0.717) is 0 Å². The molecule has 4 heteroatoms. The van der Waals surface area contributed by atoms with E-state index in [1.165, 1.54) is 12.5 Å². The van der Waals surface area contributed by atoms with Gasteiger partial charge in [0.25, 0.3) is 0 Å². The molecule has 112 valence electrons. The molecule has 3 rings (SSSR count). The van der Waals surface area contributed by atoms with Crippen molar-refractivity contribution in [3.05, 3.63) is 48.0 Å². The first kappa shape index (κ1) is 15.8. The summed E-state index contributed by atoms with van der Waals surface area (Å²) < 4.78 is 5.01. The number of halogens is 1. The van der Waals surface area contributed by atoms with Gasteiger partial charge in [-0.15, -0.1) is 12.4 Å². The molecule has 2 atom stereocenters. The molecule has 1 saturated heterocycles. The lowest BCUT2D eigenvalue weighted by Gasteiger charge is -2.22. The Kier molecular flexibility index (Phi) is 5.21. The second kappa shape index (κ2) is 6.92. The molecule has 0 spiro atoms. The van der Waals surface area contributed by atoms with Crippen molar-refractivity contribution in [1.82, 2.24) is 5.32 Å². The zero-order valence-electron chi connectivity index (χ0n) is 12.0. The lowest BCUT2D eigenvalue weighted by atomic mass is 9.89. The van der Waals surface area contributed by atoms with Crippen LogP contribution < -0.4 is 5.32 Å². The van der Waals surface area contributed by atoms with E-state index in [9.17, 15) is 4.79 Å². The normalized spacial score (nSPS) is 19.0. The van der Waals surface area contributed by atoms with Crippen molar-refractivity contribution in [2.45, 2.75) is 24.8 Å². The number of hydrogen-bond acceptors (Lipinski definition) is 3. The number of esters is 1. The minimum atomic E-state index is -0.216. The van der Waals surface area contributed by atoms with Crippen LogP contribution in [0.5, 0.6) is 0 Å². The first-order valence-electron chi connectivity index (χ1n) is 7.09. The number of carbonyl (C=O) groups is 1. The summed E-state index contributed by atoms with van der Waals surface area (Å²) in [5.41, 5.74) is 1.04. The molecule has 0 radical (unpaired) electrons. The van der Waals surface area contributed by atoms with Gasteiger partial charge in [-0.1, -0.05) is 42.5 Å². The van der Waals surface area contributed by atoms with Crippen LogP contribution in [0, 0.1) is 0 Å². The second-order valence-corrected chi connectivity index (χ2v) is 5.31. The van der Waals surface area contributed by atoms with Gasteiger partial charge < -0.3 is 10.1 Å². The number of fused-ring (bicyclic) bond motifs is 1. The van der Waals surface area contributed by atoms with E-state index in [1.54, 1.807) is 0 Å². The van der Waals surface area contributed by atoms with E-state index in [0.717, 1.165) is 30.3 Å². The fourth-order valence-electron chi connectivity index (χ4n) is 3.06. The van der Waals surface area contributed by atoms with Gasteiger partial charge >= 0.3 is 5.97 Å². The first-order valence-corrected chi connectivity index (χ1v) is 7.09. The van der Waals surface area contributed by atoms with Crippen LogP contribution in [0.3, 0.4) is 0 Å². The van der Waals surface area contributed by atoms with Gasteiger partial charge in [-0.2, -0.15) is 0 Å². The highest BCUT2D eigenvalue weighted by Gasteiger charge is 2.32. The Hall–Kier alpha value is -1.58. The number of hydrogen-bond donors (Lipinski definition) is 1. The molecular formula is C17H20ClNO2. The average molecular weight is 306 g/mol. The summed E-state index contributed by atoms with van der Waals surface area (Å²) in [4.78, 5) is 12.2. The third-order valence-corrected chi connectivity index (χ3v) is 4.09. The Bertz CT molecular complexity index is 623. The second-order valence-electron chi connectivity index (χ2n) is 5.31. The number of carbonyl (C=O) groups excluding carboxylic acids is 1. The molecule has 1 aliphatic rings. The SMILES string of the molecule is COC(=O)[C@@H](c1ccc2ccccc2c1)[C@H]1CCCN1.Cl. The van der Waals surface area contributed by atoms with Gasteiger partial charge in [-0.25, -0.2) is 0 Å². The standard InChI is InChI=1S/C17H19NO2.ClH/c1-20-17(19)16(15-7-4-10-18-15)14-9-8-12-5-2-3-6-13(12)11-14;/h2-3,5-6,8-9,11,15-16,18H,4,7,10H2,1H3;1H/t15-,16+;/m1./s1. The number of rotatable bonds is 3. The van der Waals surface area contributed by atoms with Gasteiger partial charge in [0, 0.05) is 6.04 Å². The smallest absolute Gasteiger partial charge is 0.314 e. The Morgan fingerprint density at radius 2 is 2.00 bits per heavy atom.